The number of nitrogens with zero attached hydrogens (tertiary/aromatic N) is 2. The molecular formula is C14H20N2O3. The summed E-state index contributed by atoms with van der Waals surface area (Å²) in [5, 5.41) is 9.47. The summed E-state index contributed by atoms with van der Waals surface area (Å²) in [6.45, 7) is 4.22. The van der Waals surface area contributed by atoms with Crippen molar-refractivity contribution in [2.75, 3.05) is 18.6 Å². The van der Waals surface area contributed by atoms with Crippen LogP contribution in [0.5, 0.6) is 0 Å². The highest BCUT2D eigenvalue weighted by Crippen LogP contribution is 2.23. The number of benzene rings is 1. The van der Waals surface area contributed by atoms with Crippen LogP contribution in [0, 0.1) is 5.92 Å². The molecule has 1 unspecified atom stereocenters. The Bertz CT molecular complexity index is 627. The van der Waals surface area contributed by atoms with Crippen LogP contribution >= 0.6 is 0 Å². The van der Waals surface area contributed by atoms with Crippen molar-refractivity contribution in [1.82, 2.24) is 4.57 Å². The third-order valence-electron chi connectivity index (χ3n) is 3.64. The molecule has 0 radical (unpaired) electrons. The fraction of sp³-hybridized carbons (Fsp3) is 0.500. The van der Waals surface area contributed by atoms with Crippen molar-refractivity contribution in [1.29, 1.82) is 0 Å². The quantitative estimate of drug-likeness (QED) is 0.911. The van der Waals surface area contributed by atoms with Crippen molar-refractivity contribution in [2.45, 2.75) is 19.9 Å². The van der Waals surface area contributed by atoms with E-state index in [1.54, 1.807) is 7.05 Å². The topological polar surface area (TPSA) is 58.6 Å². The van der Waals surface area contributed by atoms with Crippen molar-refractivity contribution in [2.24, 2.45) is 13.0 Å². The smallest absolute Gasteiger partial charge is 0.408 e. The van der Waals surface area contributed by atoms with Gasteiger partial charge in [0, 0.05) is 25.8 Å². The highest BCUT2D eigenvalue weighted by Gasteiger charge is 2.19. The Morgan fingerprint density at radius 2 is 2.11 bits per heavy atom. The van der Waals surface area contributed by atoms with E-state index in [2.05, 4.69) is 13.8 Å². The molecule has 0 aliphatic carbocycles. The molecule has 0 saturated carbocycles. The van der Waals surface area contributed by atoms with Crippen LogP contribution in [0.15, 0.2) is 27.4 Å². The molecule has 1 atom stereocenters. The monoisotopic (exact) mass is 264 g/mol. The summed E-state index contributed by atoms with van der Waals surface area (Å²) in [4.78, 5) is 13.5. The Hall–Kier alpha value is -1.75. The zero-order valence-corrected chi connectivity index (χ0v) is 11.8. The minimum absolute atomic E-state index is 0.0351. The molecular weight excluding hydrogens is 244 g/mol. The van der Waals surface area contributed by atoms with Crippen molar-refractivity contribution in [3.8, 4) is 0 Å². The first kappa shape index (κ1) is 13.7. The SMILES string of the molecule is CC(C)C(CO)N(C)c1ccc2c(c1)oc(=O)n2C. The summed E-state index contributed by atoms with van der Waals surface area (Å²) in [5.74, 6) is -0.0363. The fourth-order valence-electron chi connectivity index (χ4n) is 2.31. The van der Waals surface area contributed by atoms with Gasteiger partial charge in [0.15, 0.2) is 5.58 Å². The molecule has 0 amide bonds. The summed E-state index contributed by atoms with van der Waals surface area (Å²) < 4.78 is 6.66. The highest BCUT2D eigenvalue weighted by atomic mass is 16.4. The molecule has 104 valence electrons. The van der Waals surface area contributed by atoms with E-state index in [0.29, 0.717) is 11.5 Å². The van der Waals surface area contributed by atoms with E-state index in [1.807, 2.05) is 30.1 Å². The number of rotatable bonds is 4. The number of aryl methyl sites for hydroxylation is 1. The first-order valence-electron chi connectivity index (χ1n) is 6.39. The van der Waals surface area contributed by atoms with Gasteiger partial charge in [0.25, 0.3) is 0 Å². The number of likely N-dealkylation sites (N-methyl/N-ethyl adjacent to an activating group) is 1. The molecule has 0 fully saturated rings. The summed E-state index contributed by atoms with van der Waals surface area (Å²) >= 11 is 0. The van der Waals surface area contributed by atoms with Gasteiger partial charge in [0.05, 0.1) is 18.2 Å². The Kier molecular flexibility index (Phi) is 3.66. The van der Waals surface area contributed by atoms with Gasteiger partial charge in [-0.2, -0.15) is 0 Å². The number of anilines is 1. The minimum Gasteiger partial charge on any atom is -0.408 e. The predicted molar refractivity (Wildman–Crippen MR) is 75.6 cm³/mol. The van der Waals surface area contributed by atoms with Gasteiger partial charge in [-0.05, 0) is 18.1 Å². The van der Waals surface area contributed by atoms with Gasteiger partial charge >= 0.3 is 5.76 Å². The molecule has 0 aliphatic heterocycles. The molecule has 0 bridgehead atoms. The van der Waals surface area contributed by atoms with Gasteiger partial charge in [-0.15, -0.1) is 0 Å². The van der Waals surface area contributed by atoms with E-state index in [4.69, 9.17) is 4.42 Å². The molecule has 5 nitrogen and oxygen atoms in total. The lowest BCUT2D eigenvalue weighted by atomic mass is 10.0. The maximum atomic E-state index is 11.5. The number of aromatic nitrogens is 1. The van der Waals surface area contributed by atoms with E-state index in [-0.39, 0.29) is 18.4 Å². The van der Waals surface area contributed by atoms with Gasteiger partial charge in [-0.1, -0.05) is 13.8 Å². The summed E-state index contributed by atoms with van der Waals surface area (Å²) in [7, 11) is 3.62. The Morgan fingerprint density at radius 3 is 2.68 bits per heavy atom. The van der Waals surface area contributed by atoms with Crippen LogP contribution in [0.3, 0.4) is 0 Å². The van der Waals surface area contributed by atoms with Crippen LogP contribution < -0.4 is 10.7 Å². The van der Waals surface area contributed by atoms with Crippen molar-refractivity contribution < 1.29 is 9.52 Å². The van der Waals surface area contributed by atoms with E-state index in [0.717, 1.165) is 11.2 Å². The zero-order chi connectivity index (χ0) is 14.2. The lowest BCUT2D eigenvalue weighted by Gasteiger charge is -2.31. The molecule has 0 aliphatic rings. The molecule has 1 N–H and O–H groups in total. The maximum absolute atomic E-state index is 11.5. The minimum atomic E-state index is -0.364. The van der Waals surface area contributed by atoms with Gasteiger partial charge in [-0.25, -0.2) is 4.79 Å². The molecule has 5 heteroatoms. The van der Waals surface area contributed by atoms with Crippen LogP contribution in [-0.4, -0.2) is 29.4 Å². The summed E-state index contributed by atoms with van der Waals surface area (Å²) in [6, 6.07) is 5.66. The lowest BCUT2D eigenvalue weighted by molar-refractivity contribution is 0.234. The second-order valence-corrected chi connectivity index (χ2v) is 5.18. The Morgan fingerprint density at radius 1 is 1.42 bits per heavy atom. The maximum Gasteiger partial charge on any atom is 0.419 e. The standard InChI is InChI=1S/C14H20N2O3/c1-9(2)12(8-17)15(3)10-5-6-11-13(7-10)19-14(18)16(11)4/h5-7,9,12,17H,8H2,1-4H3. The average molecular weight is 264 g/mol. The van der Waals surface area contributed by atoms with Crippen LogP contribution in [-0.2, 0) is 7.05 Å². The van der Waals surface area contributed by atoms with E-state index in [9.17, 15) is 9.90 Å². The fourth-order valence-corrected chi connectivity index (χ4v) is 2.31. The second kappa shape index (κ2) is 5.09. The van der Waals surface area contributed by atoms with Crippen molar-refractivity contribution in [3.05, 3.63) is 28.7 Å². The van der Waals surface area contributed by atoms with Crippen LogP contribution in [0.1, 0.15) is 13.8 Å². The van der Waals surface area contributed by atoms with Gasteiger partial charge in [-0.3, -0.25) is 4.57 Å². The third kappa shape index (κ3) is 2.38. The number of hydrogen-bond donors (Lipinski definition) is 1. The van der Waals surface area contributed by atoms with Crippen LogP contribution in [0.2, 0.25) is 0 Å². The van der Waals surface area contributed by atoms with Gasteiger partial charge in [0.1, 0.15) is 0 Å². The van der Waals surface area contributed by atoms with Crippen molar-refractivity contribution in [3.63, 3.8) is 0 Å². The van der Waals surface area contributed by atoms with Crippen molar-refractivity contribution >= 4 is 16.8 Å². The van der Waals surface area contributed by atoms with Crippen LogP contribution in [0.25, 0.3) is 11.1 Å². The average Bonchev–Trinajstić information content (AvgIpc) is 2.65. The van der Waals surface area contributed by atoms with E-state index < -0.39 is 0 Å². The number of aliphatic hydroxyl groups excluding tert-OH is 1. The number of aliphatic hydroxyl groups is 1. The summed E-state index contributed by atoms with van der Waals surface area (Å²) in [5.41, 5.74) is 2.26. The third-order valence-corrected chi connectivity index (χ3v) is 3.64. The molecule has 19 heavy (non-hydrogen) atoms. The number of fused-ring (bicyclic) bond motifs is 1. The van der Waals surface area contributed by atoms with Crippen LogP contribution in [0.4, 0.5) is 5.69 Å². The molecule has 1 heterocycles. The number of hydrogen-bond acceptors (Lipinski definition) is 4. The molecule has 0 saturated heterocycles. The van der Waals surface area contributed by atoms with Gasteiger partial charge < -0.3 is 14.4 Å². The first-order chi connectivity index (χ1) is 8.95. The number of oxazole rings is 1. The summed E-state index contributed by atoms with van der Waals surface area (Å²) in [6.07, 6.45) is 0. The van der Waals surface area contributed by atoms with E-state index in [1.165, 1.54) is 4.57 Å². The first-order valence-corrected chi connectivity index (χ1v) is 6.39. The lowest BCUT2D eigenvalue weighted by Crippen LogP contribution is -2.38. The zero-order valence-electron chi connectivity index (χ0n) is 11.8. The molecule has 2 aromatic rings. The molecule has 0 spiro atoms. The largest absolute Gasteiger partial charge is 0.419 e. The Labute approximate surface area is 112 Å². The molecule has 2 rings (SSSR count). The molecule has 1 aromatic heterocycles. The van der Waals surface area contributed by atoms with E-state index >= 15 is 0 Å². The highest BCUT2D eigenvalue weighted by molar-refractivity contribution is 5.77. The normalized spacial score (nSPS) is 13.2. The Balaban J connectivity index is 2.43. The van der Waals surface area contributed by atoms with Gasteiger partial charge in [0.2, 0.25) is 0 Å². The second-order valence-electron chi connectivity index (χ2n) is 5.18. The molecule has 1 aromatic carbocycles. The predicted octanol–water partition coefficient (Wildman–Crippen LogP) is 1.58.